The fourth-order valence-electron chi connectivity index (χ4n) is 11.6. The zero-order chi connectivity index (χ0) is 16.2. The van der Waals surface area contributed by atoms with Crippen molar-refractivity contribution < 1.29 is 20.4 Å². The van der Waals surface area contributed by atoms with Gasteiger partial charge in [0.05, 0.1) is 12.2 Å². The Kier molecular flexibility index (Phi) is 2.19. The van der Waals surface area contributed by atoms with Crippen molar-refractivity contribution in [2.45, 2.75) is 37.9 Å². The SMILES string of the molecule is OC[C@]12[C@@H]3[C@H]4[C@@H]5[C@@H]([C@@H]6[C@@H](CC[C@@H]6O)[C@H]51)[C@@]2(CO)[C@H]4[C@@H]1CC[C@H](O)[C@@H]13. The van der Waals surface area contributed by atoms with Gasteiger partial charge in [-0.05, 0) is 84.9 Å². The molecule has 0 aliphatic heterocycles. The molecule has 0 aromatic rings. The van der Waals surface area contributed by atoms with Gasteiger partial charge in [-0.3, -0.25) is 0 Å². The second-order valence-electron chi connectivity index (χ2n) is 10.4. The minimum atomic E-state index is -0.185. The van der Waals surface area contributed by atoms with E-state index < -0.39 is 0 Å². The van der Waals surface area contributed by atoms with Gasteiger partial charge in [-0.25, -0.2) is 0 Å². The van der Waals surface area contributed by atoms with Crippen LogP contribution in [0.1, 0.15) is 25.7 Å². The molecule has 24 heavy (non-hydrogen) atoms. The molecule has 8 aliphatic rings. The van der Waals surface area contributed by atoms with E-state index in [1.807, 2.05) is 0 Å². The molecule has 0 aromatic heterocycles. The number of aliphatic hydroxyl groups is 4. The zero-order valence-electron chi connectivity index (χ0n) is 14.0. The van der Waals surface area contributed by atoms with E-state index in [-0.39, 0.29) is 36.3 Å². The van der Waals surface area contributed by atoms with Crippen molar-refractivity contribution in [3.05, 3.63) is 0 Å². The maximum absolute atomic E-state index is 10.7. The number of aliphatic hydroxyl groups excluding tert-OH is 4. The van der Waals surface area contributed by atoms with Crippen LogP contribution in [0.5, 0.6) is 0 Å². The Morgan fingerprint density at radius 2 is 1.00 bits per heavy atom. The Hall–Kier alpha value is -0.160. The lowest BCUT2D eigenvalue weighted by Crippen LogP contribution is -2.62. The normalized spacial score (nSPS) is 75.5. The summed E-state index contributed by atoms with van der Waals surface area (Å²) in [6, 6.07) is 0. The molecule has 0 spiro atoms. The summed E-state index contributed by atoms with van der Waals surface area (Å²) >= 11 is 0. The van der Waals surface area contributed by atoms with Crippen LogP contribution >= 0.6 is 0 Å². The summed E-state index contributed by atoms with van der Waals surface area (Å²) in [6.45, 7) is 0.385. The molecular weight excluding hydrogens is 304 g/mol. The highest BCUT2D eigenvalue weighted by atomic mass is 16.3. The number of hydrogen-bond donors (Lipinski definition) is 4. The van der Waals surface area contributed by atoms with E-state index >= 15 is 0 Å². The van der Waals surface area contributed by atoms with Gasteiger partial charge in [0.15, 0.2) is 0 Å². The highest BCUT2D eigenvalue weighted by molar-refractivity contribution is 5.42. The van der Waals surface area contributed by atoms with Crippen molar-refractivity contribution in [3.8, 4) is 0 Å². The van der Waals surface area contributed by atoms with Crippen LogP contribution in [0.3, 0.4) is 0 Å². The molecule has 8 saturated carbocycles. The smallest absolute Gasteiger partial charge is 0.0574 e. The Bertz CT molecular complexity index is 583. The highest BCUT2D eigenvalue weighted by Crippen LogP contribution is 2.96. The van der Waals surface area contributed by atoms with Crippen LogP contribution in [0.4, 0.5) is 0 Å². The van der Waals surface area contributed by atoms with Crippen molar-refractivity contribution >= 4 is 0 Å². The molecule has 0 aromatic carbocycles. The molecule has 14 atom stereocenters. The maximum atomic E-state index is 10.7. The third kappa shape index (κ3) is 0.933. The van der Waals surface area contributed by atoms with Gasteiger partial charge >= 0.3 is 0 Å². The average Bonchev–Trinajstić information content (AvgIpc) is 3.36. The summed E-state index contributed by atoms with van der Waals surface area (Å²) in [5, 5.41) is 42.8. The molecule has 4 N–H and O–H groups in total. The molecular formula is C20H28O4. The molecule has 8 aliphatic carbocycles. The summed E-state index contributed by atoms with van der Waals surface area (Å²) in [6.07, 6.45) is 3.66. The Morgan fingerprint density at radius 1 is 0.583 bits per heavy atom. The van der Waals surface area contributed by atoms with E-state index in [2.05, 4.69) is 0 Å². The lowest BCUT2D eigenvalue weighted by Gasteiger charge is -2.60. The first-order valence-corrected chi connectivity index (χ1v) is 10.2. The molecule has 0 radical (unpaired) electrons. The first-order chi connectivity index (χ1) is 11.6. The van der Waals surface area contributed by atoms with Crippen LogP contribution in [-0.4, -0.2) is 45.8 Å². The maximum Gasteiger partial charge on any atom is 0.0574 e. The number of fused-ring (bicyclic) bond motifs is 2. The molecule has 8 fully saturated rings. The van der Waals surface area contributed by atoms with Crippen LogP contribution in [0.25, 0.3) is 0 Å². The fraction of sp³-hybridized carbons (Fsp3) is 1.00. The van der Waals surface area contributed by atoms with Crippen molar-refractivity contribution in [3.63, 3.8) is 0 Å². The molecule has 0 saturated heterocycles. The van der Waals surface area contributed by atoms with E-state index in [4.69, 9.17) is 0 Å². The van der Waals surface area contributed by atoms with Crippen molar-refractivity contribution in [1.82, 2.24) is 0 Å². The van der Waals surface area contributed by atoms with Crippen molar-refractivity contribution in [2.24, 2.45) is 70.0 Å². The fourth-order valence-corrected chi connectivity index (χ4v) is 11.6. The second kappa shape index (κ2) is 3.76. The molecule has 132 valence electrons. The number of hydrogen-bond acceptors (Lipinski definition) is 4. The van der Waals surface area contributed by atoms with Gasteiger partial charge in [-0.1, -0.05) is 0 Å². The predicted molar refractivity (Wildman–Crippen MR) is 84.4 cm³/mol. The van der Waals surface area contributed by atoms with Gasteiger partial charge in [0.2, 0.25) is 0 Å². The number of rotatable bonds is 2. The summed E-state index contributed by atoms with van der Waals surface area (Å²) in [5.74, 6) is 4.98. The van der Waals surface area contributed by atoms with Gasteiger partial charge in [-0.15, -0.1) is 0 Å². The minimum Gasteiger partial charge on any atom is -0.396 e. The largest absolute Gasteiger partial charge is 0.396 e. The molecule has 0 amide bonds. The molecule has 4 nitrogen and oxygen atoms in total. The molecule has 4 heteroatoms. The van der Waals surface area contributed by atoms with Crippen LogP contribution < -0.4 is 0 Å². The summed E-state index contributed by atoms with van der Waals surface area (Å²) in [5.41, 5.74) is -0.297. The third-order valence-corrected chi connectivity index (χ3v) is 11.1. The van der Waals surface area contributed by atoms with E-state index in [0.717, 1.165) is 25.7 Å². The van der Waals surface area contributed by atoms with Crippen molar-refractivity contribution in [1.29, 1.82) is 0 Å². The molecule has 8 bridgehead atoms. The van der Waals surface area contributed by atoms with Gasteiger partial charge in [-0.2, -0.15) is 0 Å². The Labute approximate surface area is 142 Å². The Balaban J connectivity index is 1.48. The van der Waals surface area contributed by atoms with Crippen LogP contribution in [0.2, 0.25) is 0 Å². The van der Waals surface area contributed by atoms with E-state index in [1.165, 1.54) is 0 Å². The quantitative estimate of drug-likeness (QED) is 0.593. The van der Waals surface area contributed by atoms with Gasteiger partial charge in [0.25, 0.3) is 0 Å². The second-order valence-corrected chi connectivity index (χ2v) is 10.4. The van der Waals surface area contributed by atoms with Gasteiger partial charge < -0.3 is 20.4 Å². The third-order valence-electron chi connectivity index (χ3n) is 11.1. The average molecular weight is 332 g/mol. The zero-order valence-corrected chi connectivity index (χ0v) is 14.0. The lowest BCUT2D eigenvalue weighted by atomic mass is 9.44. The predicted octanol–water partition coefficient (Wildman–Crippen LogP) is 0.483. The van der Waals surface area contributed by atoms with Crippen LogP contribution in [0, 0.1) is 70.0 Å². The van der Waals surface area contributed by atoms with E-state index in [9.17, 15) is 20.4 Å². The Morgan fingerprint density at radius 3 is 1.38 bits per heavy atom. The molecule has 0 unspecified atom stereocenters. The standard InChI is InChI=1S/C20H28O4/c21-5-19-15-7-1-3-9(23)11(7)17-13(15)14-16(20(17,19)6-22)8-2-4-10(24)12(8)18(14)19/h7-18,21-24H,1-6H2/t7-,8-,9+,10+,11-,12-,13+,14+,15-,16+,17-,18+,19-,20-/m1/s1. The summed E-state index contributed by atoms with van der Waals surface area (Å²) < 4.78 is 0. The van der Waals surface area contributed by atoms with E-state index in [1.54, 1.807) is 0 Å². The van der Waals surface area contributed by atoms with Gasteiger partial charge in [0.1, 0.15) is 0 Å². The van der Waals surface area contributed by atoms with Crippen LogP contribution in [0.15, 0.2) is 0 Å². The van der Waals surface area contributed by atoms with E-state index in [0.29, 0.717) is 59.2 Å². The van der Waals surface area contributed by atoms with Crippen molar-refractivity contribution in [2.75, 3.05) is 13.2 Å². The first kappa shape index (κ1) is 14.0. The highest BCUT2D eigenvalue weighted by Gasteiger charge is 2.96. The van der Waals surface area contributed by atoms with Gasteiger partial charge in [0, 0.05) is 24.0 Å². The van der Waals surface area contributed by atoms with Crippen LogP contribution in [-0.2, 0) is 0 Å². The topological polar surface area (TPSA) is 80.9 Å². The summed E-state index contributed by atoms with van der Waals surface area (Å²) in [4.78, 5) is 0. The minimum absolute atomic E-state index is 0.149. The monoisotopic (exact) mass is 332 g/mol. The molecule has 8 rings (SSSR count). The molecule has 0 heterocycles. The first-order valence-electron chi connectivity index (χ1n) is 10.2. The lowest BCUT2D eigenvalue weighted by molar-refractivity contribution is -0.196. The summed E-state index contributed by atoms with van der Waals surface area (Å²) in [7, 11) is 0.